The maximum atomic E-state index is 12.9. The normalized spacial score (nSPS) is 18.2. The van der Waals surface area contributed by atoms with Gasteiger partial charge in [0.25, 0.3) is 0 Å². The van der Waals surface area contributed by atoms with E-state index in [1.165, 1.54) is 4.90 Å². The maximum absolute atomic E-state index is 12.9. The largest absolute Gasteiger partial charge is 0.465 e. The van der Waals surface area contributed by atoms with Crippen LogP contribution in [0.5, 0.6) is 0 Å². The minimum Gasteiger partial charge on any atom is -0.465 e. The summed E-state index contributed by atoms with van der Waals surface area (Å²) in [6, 6.07) is 0. The first-order chi connectivity index (χ1) is 14.4. The van der Waals surface area contributed by atoms with Crippen LogP contribution >= 0.6 is 0 Å². The first-order valence-corrected chi connectivity index (χ1v) is 10.3. The molecule has 1 heterocycles. The minimum absolute atomic E-state index is 0.0661. The predicted molar refractivity (Wildman–Crippen MR) is 109 cm³/mol. The van der Waals surface area contributed by atoms with Crippen LogP contribution in [0.2, 0.25) is 0 Å². The van der Waals surface area contributed by atoms with E-state index in [0.717, 1.165) is 0 Å². The Morgan fingerprint density at radius 3 is 2.00 bits per heavy atom. The lowest BCUT2D eigenvalue weighted by molar-refractivity contribution is -0.146. The van der Waals surface area contributed by atoms with Crippen LogP contribution in [-0.4, -0.2) is 79.7 Å². The van der Waals surface area contributed by atoms with E-state index in [0.29, 0.717) is 0 Å². The van der Waals surface area contributed by atoms with Gasteiger partial charge in [-0.1, -0.05) is 0 Å². The zero-order valence-electron chi connectivity index (χ0n) is 18.9. The summed E-state index contributed by atoms with van der Waals surface area (Å²) in [4.78, 5) is 62.2. The van der Waals surface area contributed by atoms with Crippen molar-refractivity contribution in [1.82, 2.24) is 15.5 Å². The lowest BCUT2D eigenvalue weighted by Gasteiger charge is -2.28. The van der Waals surface area contributed by atoms with Gasteiger partial charge in [-0.15, -0.1) is 0 Å². The Balaban J connectivity index is 2.88. The van der Waals surface area contributed by atoms with Gasteiger partial charge in [0, 0.05) is 19.5 Å². The lowest BCUT2D eigenvalue weighted by atomic mass is 9.82. The van der Waals surface area contributed by atoms with Crippen LogP contribution in [-0.2, 0) is 33.4 Å². The number of nitrogens with one attached hydrogen (secondary N) is 2. The average Bonchev–Trinajstić information content (AvgIpc) is 3.09. The molecule has 0 aromatic heterocycles. The van der Waals surface area contributed by atoms with Crippen LogP contribution in [0.4, 0.5) is 4.79 Å². The summed E-state index contributed by atoms with van der Waals surface area (Å²) in [6.45, 7) is 8.26. The highest BCUT2D eigenvalue weighted by atomic mass is 16.6. The van der Waals surface area contributed by atoms with Crippen LogP contribution in [0.15, 0.2) is 0 Å². The molecule has 1 saturated heterocycles. The number of likely N-dealkylation sites (tertiary alicyclic amines) is 1. The average molecular weight is 443 g/mol. The third-order valence-corrected chi connectivity index (χ3v) is 4.42. The summed E-state index contributed by atoms with van der Waals surface area (Å²) in [5, 5.41) is 4.91. The molecule has 0 aromatic rings. The number of carbonyl (C=O) groups excluding carboxylic acids is 5. The number of ether oxygens (including phenoxy) is 3. The van der Waals surface area contributed by atoms with Gasteiger partial charge in [-0.05, 0) is 41.0 Å². The molecule has 1 aliphatic heterocycles. The highest BCUT2D eigenvalue weighted by molar-refractivity contribution is 5.92. The smallest absolute Gasteiger partial charge is 0.410 e. The summed E-state index contributed by atoms with van der Waals surface area (Å²) in [7, 11) is 0. The van der Waals surface area contributed by atoms with Gasteiger partial charge in [-0.2, -0.15) is 0 Å². The van der Waals surface area contributed by atoms with Crippen molar-refractivity contribution in [3.05, 3.63) is 0 Å². The fourth-order valence-corrected chi connectivity index (χ4v) is 3.07. The van der Waals surface area contributed by atoms with Gasteiger partial charge in [0.05, 0.1) is 18.6 Å². The van der Waals surface area contributed by atoms with Gasteiger partial charge in [0.2, 0.25) is 11.8 Å². The second kappa shape index (κ2) is 11.5. The highest BCUT2D eigenvalue weighted by Crippen LogP contribution is 2.35. The number of nitrogens with zero attached hydrogens (tertiary/aromatic N) is 1. The summed E-state index contributed by atoms with van der Waals surface area (Å²) in [5.74, 6) is -2.32. The number of esters is 2. The minimum atomic E-state index is -1.28. The standard InChI is InChI=1S/C20H33N3O8/c1-6-29-15(25)11-21-14(24)10-20(17(27)22-12-16(26)30-7-2)8-9-23(13-20)18(28)31-19(3,4)5/h6-13H2,1-5H3,(H,21,24)(H,22,27)/t20-/m1/s1. The Hall–Kier alpha value is -2.85. The van der Waals surface area contributed by atoms with Crippen molar-refractivity contribution in [2.24, 2.45) is 5.41 Å². The van der Waals surface area contributed by atoms with E-state index in [1.54, 1.807) is 34.6 Å². The zero-order valence-corrected chi connectivity index (χ0v) is 18.9. The molecular weight excluding hydrogens is 410 g/mol. The molecule has 0 saturated carbocycles. The van der Waals surface area contributed by atoms with Gasteiger partial charge in [-0.3, -0.25) is 19.2 Å². The van der Waals surface area contributed by atoms with Crippen molar-refractivity contribution < 1.29 is 38.2 Å². The van der Waals surface area contributed by atoms with E-state index in [9.17, 15) is 24.0 Å². The van der Waals surface area contributed by atoms with E-state index in [2.05, 4.69) is 10.6 Å². The van der Waals surface area contributed by atoms with E-state index < -0.39 is 40.9 Å². The molecule has 3 amide bonds. The second-order valence-electron chi connectivity index (χ2n) is 8.18. The number of hydrogen-bond acceptors (Lipinski definition) is 8. The molecule has 1 fully saturated rings. The molecule has 11 heteroatoms. The Kier molecular flexibility index (Phi) is 9.73. The van der Waals surface area contributed by atoms with Crippen LogP contribution in [0.25, 0.3) is 0 Å². The van der Waals surface area contributed by atoms with Gasteiger partial charge in [-0.25, -0.2) is 4.79 Å². The van der Waals surface area contributed by atoms with Gasteiger partial charge in [0.1, 0.15) is 18.7 Å². The monoisotopic (exact) mass is 443 g/mol. The molecule has 11 nitrogen and oxygen atoms in total. The van der Waals surface area contributed by atoms with Gasteiger partial charge >= 0.3 is 18.0 Å². The quantitative estimate of drug-likeness (QED) is 0.385. The highest BCUT2D eigenvalue weighted by Gasteiger charge is 2.48. The van der Waals surface area contributed by atoms with E-state index >= 15 is 0 Å². The molecule has 0 aromatic carbocycles. The van der Waals surface area contributed by atoms with Crippen LogP contribution in [0, 0.1) is 5.41 Å². The maximum Gasteiger partial charge on any atom is 0.410 e. The molecular formula is C20H33N3O8. The van der Waals surface area contributed by atoms with Crippen molar-refractivity contribution in [3.8, 4) is 0 Å². The molecule has 0 radical (unpaired) electrons. The number of carbonyl (C=O) groups is 5. The summed E-state index contributed by atoms with van der Waals surface area (Å²) < 4.78 is 14.9. The fourth-order valence-electron chi connectivity index (χ4n) is 3.07. The second-order valence-corrected chi connectivity index (χ2v) is 8.18. The first-order valence-electron chi connectivity index (χ1n) is 10.3. The number of amides is 3. The molecule has 2 N–H and O–H groups in total. The molecule has 0 unspecified atom stereocenters. The first kappa shape index (κ1) is 26.2. The third kappa shape index (κ3) is 8.81. The molecule has 176 valence electrons. The lowest BCUT2D eigenvalue weighted by Crippen LogP contribution is -2.48. The zero-order chi connectivity index (χ0) is 23.7. The Morgan fingerprint density at radius 2 is 1.48 bits per heavy atom. The Labute approximate surface area is 182 Å². The third-order valence-electron chi connectivity index (χ3n) is 4.42. The SMILES string of the molecule is CCOC(=O)CNC(=O)C[C@]1(C(=O)NCC(=O)OCC)CCN(C(=O)OC(C)(C)C)C1. The van der Waals surface area contributed by atoms with Gasteiger partial charge < -0.3 is 29.7 Å². The van der Waals surface area contributed by atoms with E-state index in [1.807, 2.05) is 0 Å². The van der Waals surface area contributed by atoms with Gasteiger partial charge in [0.15, 0.2) is 0 Å². The molecule has 31 heavy (non-hydrogen) atoms. The molecule has 1 rings (SSSR count). The molecule has 0 aliphatic carbocycles. The molecule has 1 atom stereocenters. The van der Waals surface area contributed by atoms with E-state index in [4.69, 9.17) is 14.2 Å². The fraction of sp³-hybridized carbons (Fsp3) is 0.750. The molecule has 1 aliphatic rings. The molecule has 0 spiro atoms. The predicted octanol–water partition coefficient (Wildman–Crippen LogP) is 0.362. The van der Waals surface area contributed by atoms with E-state index in [-0.39, 0.29) is 52.2 Å². The molecule has 0 bridgehead atoms. The van der Waals surface area contributed by atoms with Crippen molar-refractivity contribution in [1.29, 1.82) is 0 Å². The van der Waals surface area contributed by atoms with Crippen molar-refractivity contribution in [2.45, 2.75) is 53.1 Å². The Morgan fingerprint density at radius 1 is 0.935 bits per heavy atom. The number of rotatable bonds is 9. The van der Waals surface area contributed by atoms with Crippen LogP contribution in [0.3, 0.4) is 0 Å². The van der Waals surface area contributed by atoms with Crippen LogP contribution in [0.1, 0.15) is 47.5 Å². The van der Waals surface area contributed by atoms with Crippen LogP contribution < -0.4 is 10.6 Å². The van der Waals surface area contributed by atoms with Crippen molar-refractivity contribution in [3.63, 3.8) is 0 Å². The Bertz CT molecular complexity index is 688. The summed E-state index contributed by atoms with van der Waals surface area (Å²) in [6.07, 6.45) is -0.687. The summed E-state index contributed by atoms with van der Waals surface area (Å²) >= 11 is 0. The van der Waals surface area contributed by atoms with Crippen molar-refractivity contribution in [2.75, 3.05) is 39.4 Å². The summed E-state index contributed by atoms with van der Waals surface area (Å²) in [5.41, 5.74) is -1.99. The topological polar surface area (TPSA) is 140 Å². The van der Waals surface area contributed by atoms with Crippen molar-refractivity contribution >= 4 is 29.8 Å². The number of hydrogen-bond donors (Lipinski definition) is 2.